The lowest BCUT2D eigenvalue weighted by molar-refractivity contribution is 0.0595. The minimum atomic E-state index is -1.10. The smallest absolute Gasteiger partial charge is 0.340 e. The summed E-state index contributed by atoms with van der Waals surface area (Å²) < 4.78 is 31.7. The number of halogens is 4. The van der Waals surface area contributed by atoms with Gasteiger partial charge < -0.3 is 10.1 Å². The minimum Gasteiger partial charge on any atom is -0.465 e. The van der Waals surface area contributed by atoms with Crippen LogP contribution in [0.15, 0.2) is 30.3 Å². The molecule has 0 aliphatic carbocycles. The highest BCUT2D eigenvalue weighted by Crippen LogP contribution is 2.24. The van der Waals surface area contributed by atoms with Crippen LogP contribution in [0.1, 0.15) is 20.7 Å². The van der Waals surface area contributed by atoms with E-state index in [-0.39, 0.29) is 15.6 Å². The van der Waals surface area contributed by atoms with Crippen LogP contribution in [-0.4, -0.2) is 19.0 Å². The van der Waals surface area contributed by atoms with Crippen molar-refractivity contribution in [2.45, 2.75) is 0 Å². The zero-order valence-corrected chi connectivity index (χ0v) is 13.1. The predicted octanol–water partition coefficient (Wildman–Crippen LogP) is 4.31. The van der Waals surface area contributed by atoms with Crippen molar-refractivity contribution in [2.75, 3.05) is 12.4 Å². The summed E-state index contributed by atoms with van der Waals surface area (Å²) in [5.74, 6) is -3.92. The van der Waals surface area contributed by atoms with E-state index in [1.165, 1.54) is 18.2 Å². The van der Waals surface area contributed by atoms with E-state index in [2.05, 4.69) is 10.1 Å². The van der Waals surface area contributed by atoms with Gasteiger partial charge in [-0.1, -0.05) is 23.2 Å². The molecule has 8 heteroatoms. The number of carbonyl (C=O) groups is 2. The Bertz CT molecular complexity index is 797. The van der Waals surface area contributed by atoms with Crippen molar-refractivity contribution in [3.8, 4) is 0 Å². The van der Waals surface area contributed by atoms with Gasteiger partial charge in [0, 0.05) is 11.1 Å². The van der Waals surface area contributed by atoms with Crippen LogP contribution < -0.4 is 5.32 Å². The first-order valence-corrected chi connectivity index (χ1v) is 6.93. The van der Waals surface area contributed by atoms with E-state index in [1.807, 2.05) is 0 Å². The molecule has 0 fully saturated rings. The Hall–Kier alpha value is -2.18. The van der Waals surface area contributed by atoms with Crippen LogP contribution in [0.25, 0.3) is 0 Å². The maximum Gasteiger partial charge on any atom is 0.340 e. The summed E-state index contributed by atoms with van der Waals surface area (Å²) in [6.07, 6.45) is 0. The van der Waals surface area contributed by atoms with Crippen molar-refractivity contribution in [2.24, 2.45) is 0 Å². The van der Waals surface area contributed by atoms with Gasteiger partial charge in [0.25, 0.3) is 5.91 Å². The molecule has 120 valence electrons. The molecular weight excluding hydrogens is 351 g/mol. The molecule has 2 aromatic rings. The molecule has 2 aromatic carbocycles. The molecule has 0 aromatic heterocycles. The third kappa shape index (κ3) is 3.78. The molecule has 0 aliphatic heterocycles. The fourth-order valence-electron chi connectivity index (χ4n) is 1.77. The largest absolute Gasteiger partial charge is 0.465 e. The summed E-state index contributed by atoms with van der Waals surface area (Å²) in [5, 5.41) is 2.57. The van der Waals surface area contributed by atoms with E-state index >= 15 is 0 Å². The molecule has 0 saturated carbocycles. The fourth-order valence-corrected chi connectivity index (χ4v) is 2.15. The van der Waals surface area contributed by atoms with E-state index in [0.717, 1.165) is 13.2 Å². The molecule has 0 bridgehead atoms. The first-order chi connectivity index (χ1) is 10.8. The van der Waals surface area contributed by atoms with E-state index in [9.17, 15) is 18.4 Å². The molecule has 1 N–H and O–H groups in total. The number of amides is 1. The molecule has 2 rings (SSSR count). The number of rotatable bonds is 3. The van der Waals surface area contributed by atoms with Crippen molar-refractivity contribution in [1.29, 1.82) is 0 Å². The van der Waals surface area contributed by atoms with Gasteiger partial charge in [-0.3, -0.25) is 4.79 Å². The summed E-state index contributed by atoms with van der Waals surface area (Å²) in [5.41, 5.74) is -0.906. The standard InChI is InChI=1S/C15H9Cl2F2NO3/c1-23-15(22)9-5-13(12(19)6-11(9)18)20-14(21)8-4-7(16)2-3-10(8)17/h2-6H,1H3,(H,20,21). The topological polar surface area (TPSA) is 55.4 Å². The second-order valence-electron chi connectivity index (χ2n) is 4.38. The molecule has 1 amide bonds. The van der Waals surface area contributed by atoms with Gasteiger partial charge >= 0.3 is 5.97 Å². The normalized spacial score (nSPS) is 10.3. The molecule has 23 heavy (non-hydrogen) atoms. The number of hydrogen-bond acceptors (Lipinski definition) is 3. The molecule has 0 heterocycles. The highest BCUT2D eigenvalue weighted by Gasteiger charge is 2.19. The molecule has 0 atom stereocenters. The maximum atomic E-state index is 13.8. The first kappa shape index (κ1) is 17.2. The number of anilines is 1. The van der Waals surface area contributed by atoms with Crippen molar-refractivity contribution in [3.63, 3.8) is 0 Å². The molecule has 0 saturated heterocycles. The third-order valence-electron chi connectivity index (χ3n) is 2.88. The summed E-state index contributed by atoms with van der Waals surface area (Å²) in [7, 11) is 1.05. The van der Waals surface area contributed by atoms with Gasteiger partial charge in [0.2, 0.25) is 0 Å². The molecular formula is C15H9Cl2F2NO3. The first-order valence-electron chi connectivity index (χ1n) is 6.17. The Morgan fingerprint density at radius 2 is 1.74 bits per heavy atom. The summed E-state index contributed by atoms with van der Waals surface area (Å²) >= 11 is 11.7. The zero-order chi connectivity index (χ0) is 17.1. The highest BCUT2D eigenvalue weighted by molar-refractivity contribution is 6.36. The second-order valence-corrected chi connectivity index (χ2v) is 5.23. The van der Waals surface area contributed by atoms with Gasteiger partial charge in [-0.05, 0) is 24.3 Å². The van der Waals surface area contributed by atoms with Gasteiger partial charge in [0.1, 0.15) is 11.6 Å². The Morgan fingerprint density at radius 3 is 2.39 bits per heavy atom. The number of esters is 1. The number of methoxy groups -OCH3 is 1. The van der Waals surface area contributed by atoms with Crippen molar-refractivity contribution in [1.82, 2.24) is 0 Å². The average Bonchev–Trinajstić information content (AvgIpc) is 2.51. The third-order valence-corrected chi connectivity index (χ3v) is 3.45. The SMILES string of the molecule is COC(=O)c1cc(NC(=O)c2cc(Cl)ccc2Cl)c(F)cc1F. The van der Waals surface area contributed by atoms with Gasteiger partial charge in [-0.2, -0.15) is 0 Å². The van der Waals surface area contributed by atoms with Crippen molar-refractivity contribution >= 4 is 40.8 Å². The van der Waals surface area contributed by atoms with Crippen LogP contribution in [0.5, 0.6) is 0 Å². The van der Waals surface area contributed by atoms with Gasteiger partial charge in [-0.25, -0.2) is 13.6 Å². The Kier molecular flexibility index (Phi) is 5.18. The lowest BCUT2D eigenvalue weighted by Crippen LogP contribution is -2.15. The van der Waals surface area contributed by atoms with Crippen LogP contribution in [-0.2, 0) is 4.74 Å². The average molecular weight is 360 g/mol. The maximum absolute atomic E-state index is 13.8. The fraction of sp³-hybridized carbons (Fsp3) is 0.0667. The predicted molar refractivity (Wildman–Crippen MR) is 82.1 cm³/mol. The number of nitrogens with one attached hydrogen (secondary N) is 1. The van der Waals surface area contributed by atoms with Gasteiger partial charge in [0.15, 0.2) is 0 Å². The number of hydrogen-bond donors (Lipinski definition) is 1. The van der Waals surface area contributed by atoms with Crippen LogP contribution in [0.2, 0.25) is 10.0 Å². The minimum absolute atomic E-state index is 0.00232. The Balaban J connectivity index is 2.38. The highest BCUT2D eigenvalue weighted by atomic mass is 35.5. The summed E-state index contributed by atoms with van der Waals surface area (Å²) in [6, 6.07) is 5.49. The summed E-state index contributed by atoms with van der Waals surface area (Å²) in [6.45, 7) is 0. The molecule has 0 aliphatic rings. The van der Waals surface area contributed by atoms with Crippen LogP contribution >= 0.6 is 23.2 Å². The van der Waals surface area contributed by atoms with E-state index in [4.69, 9.17) is 23.2 Å². The second kappa shape index (κ2) is 6.93. The lowest BCUT2D eigenvalue weighted by Gasteiger charge is -2.10. The molecule has 4 nitrogen and oxygen atoms in total. The van der Waals surface area contributed by atoms with Crippen molar-refractivity contribution in [3.05, 3.63) is 63.1 Å². The van der Waals surface area contributed by atoms with Crippen LogP contribution in [0.3, 0.4) is 0 Å². The lowest BCUT2D eigenvalue weighted by atomic mass is 10.1. The zero-order valence-electron chi connectivity index (χ0n) is 11.6. The quantitative estimate of drug-likeness (QED) is 0.830. The summed E-state index contributed by atoms with van der Waals surface area (Å²) in [4.78, 5) is 23.6. The molecule has 0 radical (unpaired) electrons. The number of ether oxygens (including phenoxy) is 1. The Labute approximate surface area is 140 Å². The molecule has 0 spiro atoms. The number of carbonyl (C=O) groups excluding carboxylic acids is 2. The molecule has 0 unspecified atom stereocenters. The van der Waals surface area contributed by atoms with Crippen molar-refractivity contribution < 1.29 is 23.1 Å². The van der Waals surface area contributed by atoms with Crippen LogP contribution in [0.4, 0.5) is 14.5 Å². The van der Waals surface area contributed by atoms with E-state index in [1.54, 1.807) is 0 Å². The van der Waals surface area contributed by atoms with E-state index in [0.29, 0.717) is 6.07 Å². The van der Waals surface area contributed by atoms with E-state index < -0.39 is 34.8 Å². The Morgan fingerprint density at radius 1 is 1.04 bits per heavy atom. The van der Waals surface area contributed by atoms with Gasteiger partial charge in [-0.15, -0.1) is 0 Å². The van der Waals surface area contributed by atoms with Crippen LogP contribution in [0, 0.1) is 11.6 Å². The monoisotopic (exact) mass is 359 g/mol. The number of benzene rings is 2. The van der Waals surface area contributed by atoms with Gasteiger partial charge in [0.05, 0.1) is 28.9 Å².